The summed E-state index contributed by atoms with van der Waals surface area (Å²) in [4.78, 5) is 0. The number of sulfonamides is 1. The minimum absolute atomic E-state index is 0.0417. The van der Waals surface area contributed by atoms with Gasteiger partial charge >= 0.3 is 0 Å². The second-order valence-corrected chi connectivity index (χ2v) is 5.35. The van der Waals surface area contributed by atoms with E-state index in [9.17, 15) is 8.42 Å². The fourth-order valence-corrected chi connectivity index (χ4v) is 2.67. The van der Waals surface area contributed by atoms with Crippen molar-refractivity contribution in [1.29, 1.82) is 0 Å². The standard InChI is InChI=1S/C8H18N2O3S/c1-13-5-6-14(11,12)10-8-3-2-4-9-7-8/h8-10H,2-7H2,1H3. The molecule has 2 N–H and O–H groups in total. The fourth-order valence-electron chi connectivity index (χ4n) is 1.46. The third-order valence-corrected chi connectivity index (χ3v) is 3.60. The van der Waals surface area contributed by atoms with Crippen LogP contribution in [0.2, 0.25) is 0 Å². The fraction of sp³-hybridized carbons (Fsp3) is 1.00. The molecule has 14 heavy (non-hydrogen) atoms. The molecule has 1 saturated heterocycles. The lowest BCUT2D eigenvalue weighted by atomic mass is 10.1. The van der Waals surface area contributed by atoms with Crippen molar-refractivity contribution in [2.24, 2.45) is 0 Å². The van der Waals surface area contributed by atoms with Crippen molar-refractivity contribution in [3.8, 4) is 0 Å². The molecule has 1 unspecified atom stereocenters. The van der Waals surface area contributed by atoms with Crippen molar-refractivity contribution < 1.29 is 13.2 Å². The van der Waals surface area contributed by atoms with E-state index >= 15 is 0 Å². The number of hydrogen-bond donors (Lipinski definition) is 2. The van der Waals surface area contributed by atoms with E-state index in [1.54, 1.807) is 0 Å². The average Bonchev–Trinajstić information content (AvgIpc) is 2.16. The Labute approximate surface area is 85.3 Å². The first-order valence-electron chi connectivity index (χ1n) is 4.84. The Bertz CT molecular complexity index is 247. The molecule has 1 atom stereocenters. The van der Waals surface area contributed by atoms with E-state index in [1.807, 2.05) is 0 Å². The summed E-state index contributed by atoms with van der Waals surface area (Å²) in [5, 5.41) is 3.16. The minimum atomic E-state index is -3.16. The molecule has 1 aliphatic heterocycles. The molecule has 0 aliphatic carbocycles. The lowest BCUT2D eigenvalue weighted by Gasteiger charge is -2.23. The Balaban J connectivity index is 2.33. The van der Waals surface area contributed by atoms with Gasteiger partial charge in [0.1, 0.15) is 0 Å². The van der Waals surface area contributed by atoms with Gasteiger partial charge in [-0.3, -0.25) is 0 Å². The average molecular weight is 222 g/mol. The summed E-state index contributed by atoms with van der Waals surface area (Å²) in [7, 11) is -1.66. The van der Waals surface area contributed by atoms with Gasteiger partial charge in [0, 0.05) is 19.7 Å². The molecule has 1 heterocycles. The summed E-state index contributed by atoms with van der Waals surface area (Å²) < 4.78 is 30.3. The van der Waals surface area contributed by atoms with Crippen LogP contribution in [0.4, 0.5) is 0 Å². The molecule has 0 aromatic heterocycles. The van der Waals surface area contributed by atoms with Crippen LogP contribution >= 0.6 is 0 Å². The van der Waals surface area contributed by atoms with Crippen LogP contribution in [0.3, 0.4) is 0 Å². The highest BCUT2D eigenvalue weighted by Gasteiger charge is 2.19. The van der Waals surface area contributed by atoms with E-state index in [4.69, 9.17) is 4.74 Å². The van der Waals surface area contributed by atoms with Crippen molar-refractivity contribution in [3.05, 3.63) is 0 Å². The van der Waals surface area contributed by atoms with Crippen LogP contribution in [0.25, 0.3) is 0 Å². The molecule has 1 rings (SSSR count). The van der Waals surface area contributed by atoms with Gasteiger partial charge in [-0.25, -0.2) is 13.1 Å². The van der Waals surface area contributed by atoms with E-state index in [-0.39, 0.29) is 18.4 Å². The van der Waals surface area contributed by atoms with Crippen LogP contribution in [0.15, 0.2) is 0 Å². The van der Waals surface area contributed by atoms with E-state index in [0.29, 0.717) is 0 Å². The van der Waals surface area contributed by atoms with Gasteiger partial charge in [-0.05, 0) is 19.4 Å². The molecule has 0 amide bonds. The van der Waals surface area contributed by atoms with Crippen LogP contribution in [0.5, 0.6) is 0 Å². The van der Waals surface area contributed by atoms with Gasteiger partial charge in [-0.2, -0.15) is 0 Å². The Kier molecular flexibility index (Phi) is 4.80. The van der Waals surface area contributed by atoms with Crippen molar-refractivity contribution in [2.75, 3.05) is 32.6 Å². The number of methoxy groups -OCH3 is 1. The highest BCUT2D eigenvalue weighted by Crippen LogP contribution is 2.02. The molecule has 0 radical (unpaired) electrons. The zero-order valence-electron chi connectivity index (χ0n) is 8.45. The molecule has 1 fully saturated rings. The number of hydrogen-bond acceptors (Lipinski definition) is 4. The summed E-state index contributed by atoms with van der Waals surface area (Å²) in [6.45, 7) is 1.96. The zero-order chi connectivity index (χ0) is 10.4. The lowest BCUT2D eigenvalue weighted by molar-refractivity contribution is 0.216. The maximum Gasteiger partial charge on any atom is 0.214 e. The predicted octanol–water partition coefficient (Wildman–Crippen LogP) is -0.696. The highest BCUT2D eigenvalue weighted by molar-refractivity contribution is 7.89. The van der Waals surface area contributed by atoms with E-state index in [0.717, 1.165) is 25.9 Å². The van der Waals surface area contributed by atoms with E-state index in [1.165, 1.54) is 7.11 Å². The maximum atomic E-state index is 11.4. The molecule has 0 aromatic carbocycles. The quantitative estimate of drug-likeness (QED) is 0.646. The molecule has 0 aromatic rings. The van der Waals surface area contributed by atoms with Gasteiger partial charge in [0.2, 0.25) is 10.0 Å². The van der Waals surface area contributed by atoms with Crippen LogP contribution in [0.1, 0.15) is 12.8 Å². The van der Waals surface area contributed by atoms with Crippen LogP contribution in [-0.4, -0.2) is 47.0 Å². The van der Waals surface area contributed by atoms with Gasteiger partial charge in [-0.1, -0.05) is 0 Å². The van der Waals surface area contributed by atoms with E-state index < -0.39 is 10.0 Å². The second-order valence-electron chi connectivity index (χ2n) is 3.47. The summed E-state index contributed by atoms with van der Waals surface area (Å²) in [5.74, 6) is 0.0417. The number of piperidine rings is 1. The summed E-state index contributed by atoms with van der Waals surface area (Å²) in [6.07, 6.45) is 1.94. The van der Waals surface area contributed by atoms with Crippen molar-refractivity contribution >= 4 is 10.0 Å². The van der Waals surface area contributed by atoms with Crippen LogP contribution in [0, 0.1) is 0 Å². The third kappa shape index (κ3) is 4.36. The summed E-state index contributed by atoms with van der Waals surface area (Å²) in [6, 6.07) is 0.0469. The normalized spacial score (nSPS) is 23.6. The smallest absolute Gasteiger partial charge is 0.214 e. The van der Waals surface area contributed by atoms with Gasteiger partial charge < -0.3 is 10.1 Å². The van der Waals surface area contributed by atoms with Crippen LogP contribution < -0.4 is 10.0 Å². The maximum absolute atomic E-state index is 11.4. The Morgan fingerprint density at radius 1 is 1.57 bits per heavy atom. The van der Waals surface area contributed by atoms with Crippen molar-refractivity contribution in [2.45, 2.75) is 18.9 Å². The van der Waals surface area contributed by atoms with Crippen molar-refractivity contribution in [1.82, 2.24) is 10.0 Å². The molecule has 84 valence electrons. The molecule has 5 nitrogen and oxygen atoms in total. The Morgan fingerprint density at radius 3 is 2.93 bits per heavy atom. The Morgan fingerprint density at radius 2 is 2.36 bits per heavy atom. The summed E-state index contributed by atoms with van der Waals surface area (Å²) >= 11 is 0. The molecular weight excluding hydrogens is 204 g/mol. The van der Waals surface area contributed by atoms with E-state index in [2.05, 4.69) is 10.0 Å². The van der Waals surface area contributed by atoms with Gasteiger partial charge in [0.25, 0.3) is 0 Å². The van der Waals surface area contributed by atoms with Gasteiger partial charge in [-0.15, -0.1) is 0 Å². The molecule has 0 bridgehead atoms. The Hall–Kier alpha value is -0.170. The third-order valence-electron chi connectivity index (χ3n) is 2.20. The molecule has 0 spiro atoms. The first-order valence-corrected chi connectivity index (χ1v) is 6.49. The topological polar surface area (TPSA) is 67.4 Å². The van der Waals surface area contributed by atoms with Crippen molar-refractivity contribution in [3.63, 3.8) is 0 Å². The summed E-state index contributed by atoms with van der Waals surface area (Å²) in [5.41, 5.74) is 0. The monoisotopic (exact) mass is 222 g/mol. The number of nitrogens with one attached hydrogen (secondary N) is 2. The molecule has 6 heteroatoms. The molecule has 0 saturated carbocycles. The highest BCUT2D eigenvalue weighted by atomic mass is 32.2. The van der Waals surface area contributed by atoms with Crippen LogP contribution in [-0.2, 0) is 14.8 Å². The minimum Gasteiger partial charge on any atom is -0.384 e. The largest absolute Gasteiger partial charge is 0.384 e. The number of rotatable bonds is 5. The second kappa shape index (κ2) is 5.65. The number of ether oxygens (including phenoxy) is 1. The first kappa shape index (κ1) is 11.9. The SMILES string of the molecule is COCCS(=O)(=O)NC1CCCNC1. The first-order chi connectivity index (χ1) is 6.64. The zero-order valence-corrected chi connectivity index (χ0v) is 9.27. The lowest BCUT2D eigenvalue weighted by Crippen LogP contribution is -2.46. The van der Waals surface area contributed by atoms with Gasteiger partial charge in [0.15, 0.2) is 0 Å². The predicted molar refractivity (Wildman–Crippen MR) is 54.7 cm³/mol. The molecular formula is C8H18N2O3S. The van der Waals surface area contributed by atoms with Gasteiger partial charge in [0.05, 0.1) is 12.4 Å². The molecule has 1 aliphatic rings.